The number of nitrogens with zero attached hydrogens (tertiary/aromatic N) is 1. The van der Waals surface area contributed by atoms with Crippen LogP contribution in [0.2, 0.25) is 0 Å². The molecule has 9 heteroatoms. The molecule has 0 aliphatic carbocycles. The molecule has 3 heterocycles. The van der Waals surface area contributed by atoms with Crippen LogP contribution >= 0.6 is 0 Å². The minimum Gasteiger partial charge on any atom is -0.493 e. The van der Waals surface area contributed by atoms with Crippen molar-refractivity contribution >= 4 is 16.8 Å². The van der Waals surface area contributed by atoms with E-state index in [1.807, 2.05) is 24.3 Å². The fourth-order valence-electron chi connectivity index (χ4n) is 5.59. The summed E-state index contributed by atoms with van der Waals surface area (Å²) in [5.74, 6) is -4.51. The summed E-state index contributed by atoms with van der Waals surface area (Å²) in [5, 5.41) is 3.51. The highest BCUT2D eigenvalue weighted by molar-refractivity contribution is 6.04. The van der Waals surface area contributed by atoms with Crippen molar-refractivity contribution in [1.29, 1.82) is 0 Å². The number of hydrogen-bond acceptors (Lipinski definition) is 4. The number of carbonyl (C=O) groups is 1. The molecule has 1 unspecified atom stereocenters. The Morgan fingerprint density at radius 2 is 1.72 bits per heavy atom. The van der Waals surface area contributed by atoms with Gasteiger partial charge >= 0.3 is 0 Å². The molecule has 0 bridgehead atoms. The highest BCUT2D eigenvalue weighted by Crippen LogP contribution is 2.40. The van der Waals surface area contributed by atoms with Crippen LogP contribution in [0.4, 0.5) is 17.6 Å². The SMILES string of the molecule is O=C(NC1CCOc2ccccc21)c1cnc2c(-c3cc(F)cc(F)c3F)c(F)ccc2c1C1CCOCC1. The molecule has 3 aromatic carbocycles. The maximum absolute atomic E-state index is 15.2. The van der Waals surface area contributed by atoms with E-state index < -0.39 is 28.8 Å². The van der Waals surface area contributed by atoms with Crippen molar-refractivity contribution in [2.75, 3.05) is 19.8 Å². The standard InChI is InChI=1S/C30H24F4N2O3/c31-17-13-20(28(34)23(33)14-17)27-22(32)6-5-19-26(16-7-10-38-11-8-16)21(15-35-29(19)27)30(37)36-24-9-12-39-25-4-2-1-3-18(24)25/h1-6,13-16,24H,7-12H2,(H,36,37). The molecule has 1 amide bonds. The molecule has 1 atom stereocenters. The summed E-state index contributed by atoms with van der Waals surface area (Å²) in [6.45, 7) is 1.39. The summed E-state index contributed by atoms with van der Waals surface area (Å²) in [7, 11) is 0. The zero-order chi connectivity index (χ0) is 27.1. The monoisotopic (exact) mass is 536 g/mol. The van der Waals surface area contributed by atoms with Crippen molar-refractivity contribution in [2.24, 2.45) is 0 Å². The zero-order valence-corrected chi connectivity index (χ0v) is 20.8. The van der Waals surface area contributed by atoms with E-state index in [1.54, 1.807) is 0 Å². The fraction of sp³-hybridized carbons (Fsp3) is 0.267. The topological polar surface area (TPSA) is 60.5 Å². The summed E-state index contributed by atoms with van der Waals surface area (Å²) < 4.78 is 69.4. The first-order chi connectivity index (χ1) is 18.9. The van der Waals surface area contributed by atoms with Crippen LogP contribution in [0, 0.1) is 23.3 Å². The van der Waals surface area contributed by atoms with Gasteiger partial charge in [-0.15, -0.1) is 0 Å². The van der Waals surface area contributed by atoms with Gasteiger partial charge < -0.3 is 14.8 Å². The average molecular weight is 537 g/mol. The summed E-state index contributed by atoms with van der Waals surface area (Å²) in [4.78, 5) is 18.1. The summed E-state index contributed by atoms with van der Waals surface area (Å²) in [5.41, 5.74) is 0.889. The molecule has 2 aliphatic heterocycles. The Bertz CT molecular complexity index is 1590. The quantitative estimate of drug-likeness (QED) is 0.236. The first kappa shape index (κ1) is 25.3. The Labute approximate surface area is 221 Å². The van der Waals surface area contributed by atoms with Crippen molar-refractivity contribution in [3.05, 3.63) is 94.7 Å². The number of pyridine rings is 1. The van der Waals surface area contributed by atoms with E-state index in [-0.39, 0.29) is 28.9 Å². The number of rotatable bonds is 4. The molecule has 0 saturated carbocycles. The van der Waals surface area contributed by atoms with Gasteiger partial charge in [0.05, 0.1) is 23.7 Å². The predicted molar refractivity (Wildman–Crippen MR) is 137 cm³/mol. The van der Waals surface area contributed by atoms with Crippen LogP contribution in [0.25, 0.3) is 22.0 Å². The Kier molecular flexibility index (Phi) is 6.68. The molecule has 1 N–H and O–H groups in total. The van der Waals surface area contributed by atoms with Crippen LogP contribution in [0.3, 0.4) is 0 Å². The summed E-state index contributed by atoms with van der Waals surface area (Å²) in [6.07, 6.45) is 3.13. The maximum atomic E-state index is 15.2. The third kappa shape index (κ3) is 4.61. The smallest absolute Gasteiger partial charge is 0.253 e. The molecule has 1 aromatic heterocycles. The van der Waals surface area contributed by atoms with Gasteiger partial charge in [-0.2, -0.15) is 0 Å². The zero-order valence-electron chi connectivity index (χ0n) is 20.8. The van der Waals surface area contributed by atoms with Crippen LogP contribution < -0.4 is 10.1 Å². The Morgan fingerprint density at radius 1 is 0.923 bits per heavy atom. The molecular weight excluding hydrogens is 512 g/mol. The van der Waals surface area contributed by atoms with E-state index in [2.05, 4.69) is 10.3 Å². The highest BCUT2D eigenvalue weighted by atomic mass is 19.2. The highest BCUT2D eigenvalue weighted by Gasteiger charge is 2.30. The molecule has 200 valence electrons. The van der Waals surface area contributed by atoms with Gasteiger partial charge in [0, 0.05) is 54.0 Å². The number of amides is 1. The Balaban J connectivity index is 1.50. The number of hydrogen-bond donors (Lipinski definition) is 1. The number of carbonyl (C=O) groups excluding carboxylic acids is 1. The van der Waals surface area contributed by atoms with Crippen LogP contribution in [0.1, 0.15) is 52.7 Å². The third-order valence-corrected chi connectivity index (χ3v) is 7.43. The first-order valence-electron chi connectivity index (χ1n) is 12.8. The summed E-state index contributed by atoms with van der Waals surface area (Å²) >= 11 is 0. The molecule has 6 rings (SSSR count). The van der Waals surface area contributed by atoms with Gasteiger partial charge in [0.2, 0.25) is 0 Å². The first-order valence-corrected chi connectivity index (χ1v) is 12.8. The van der Waals surface area contributed by atoms with Gasteiger partial charge in [-0.1, -0.05) is 18.2 Å². The van der Waals surface area contributed by atoms with E-state index >= 15 is 4.39 Å². The number of halogens is 4. The van der Waals surface area contributed by atoms with Crippen LogP contribution in [-0.2, 0) is 4.74 Å². The van der Waals surface area contributed by atoms with E-state index in [9.17, 15) is 18.0 Å². The molecular formula is C30H24F4N2O3. The second kappa shape index (κ2) is 10.3. The van der Waals surface area contributed by atoms with Crippen LogP contribution in [0.15, 0.2) is 54.7 Å². The molecule has 0 spiro atoms. The van der Waals surface area contributed by atoms with Crippen molar-refractivity contribution < 1.29 is 31.8 Å². The van der Waals surface area contributed by atoms with E-state index in [1.165, 1.54) is 12.3 Å². The number of aromatic nitrogens is 1. The molecule has 39 heavy (non-hydrogen) atoms. The number of benzene rings is 3. The van der Waals surface area contributed by atoms with Crippen LogP contribution in [0.5, 0.6) is 5.75 Å². The molecule has 0 radical (unpaired) electrons. The van der Waals surface area contributed by atoms with Gasteiger partial charge in [0.25, 0.3) is 5.91 Å². The molecule has 5 nitrogen and oxygen atoms in total. The van der Waals surface area contributed by atoms with Gasteiger partial charge in [-0.05, 0) is 48.6 Å². The minimum absolute atomic E-state index is 0.0216. The number of nitrogens with one attached hydrogen (secondary N) is 1. The number of ether oxygens (including phenoxy) is 2. The lowest BCUT2D eigenvalue weighted by molar-refractivity contribution is 0.0840. The van der Waals surface area contributed by atoms with E-state index in [4.69, 9.17) is 9.47 Å². The summed E-state index contributed by atoms with van der Waals surface area (Å²) in [6, 6.07) is 11.0. The lowest BCUT2D eigenvalue weighted by atomic mass is 9.84. The van der Waals surface area contributed by atoms with E-state index in [0.29, 0.717) is 67.4 Å². The molecule has 1 fully saturated rings. The molecule has 2 aliphatic rings. The molecule has 4 aromatic rings. The van der Waals surface area contributed by atoms with Crippen LogP contribution in [-0.4, -0.2) is 30.7 Å². The minimum atomic E-state index is -1.43. The van der Waals surface area contributed by atoms with Crippen molar-refractivity contribution in [1.82, 2.24) is 10.3 Å². The number of para-hydroxylation sites is 1. The van der Waals surface area contributed by atoms with Crippen molar-refractivity contribution in [3.63, 3.8) is 0 Å². The lowest BCUT2D eigenvalue weighted by Crippen LogP contribution is -2.33. The van der Waals surface area contributed by atoms with Crippen molar-refractivity contribution in [3.8, 4) is 16.9 Å². The lowest BCUT2D eigenvalue weighted by Gasteiger charge is -2.29. The Morgan fingerprint density at radius 3 is 2.54 bits per heavy atom. The Hall–Kier alpha value is -3.98. The van der Waals surface area contributed by atoms with Gasteiger partial charge in [0.15, 0.2) is 11.6 Å². The second-order valence-corrected chi connectivity index (χ2v) is 9.74. The molecule has 1 saturated heterocycles. The van der Waals surface area contributed by atoms with Gasteiger partial charge in [-0.25, -0.2) is 17.6 Å². The maximum Gasteiger partial charge on any atom is 0.253 e. The average Bonchev–Trinajstić information content (AvgIpc) is 2.95. The number of fused-ring (bicyclic) bond motifs is 2. The second-order valence-electron chi connectivity index (χ2n) is 9.74. The van der Waals surface area contributed by atoms with E-state index in [0.717, 1.165) is 17.7 Å². The fourth-order valence-corrected chi connectivity index (χ4v) is 5.59. The normalized spacial score (nSPS) is 17.5. The predicted octanol–water partition coefficient (Wildman–Crippen LogP) is 6.61. The largest absolute Gasteiger partial charge is 0.493 e. The van der Waals surface area contributed by atoms with Crippen molar-refractivity contribution in [2.45, 2.75) is 31.2 Å². The van der Waals surface area contributed by atoms with Gasteiger partial charge in [-0.3, -0.25) is 9.78 Å². The van der Waals surface area contributed by atoms with Gasteiger partial charge in [0.1, 0.15) is 17.4 Å². The third-order valence-electron chi connectivity index (χ3n) is 7.43.